The number of unbranched alkanes of at least 4 members (excludes halogenated alkanes) is 12. The lowest BCUT2D eigenvalue weighted by atomic mass is 10.1. The molecule has 0 fully saturated rings. The van der Waals surface area contributed by atoms with E-state index in [1.807, 2.05) is 12.2 Å². The van der Waals surface area contributed by atoms with Crippen LogP contribution in [0, 0.1) is 0 Å². The summed E-state index contributed by atoms with van der Waals surface area (Å²) in [6.45, 7) is 6.28. The fourth-order valence-corrected chi connectivity index (χ4v) is 6.01. The number of ether oxygens (including phenoxy) is 3. The Morgan fingerprint density at radius 1 is 0.350 bits per heavy atom. The fraction of sp³-hybridized carbons (Fsp3) is 0.611. The molecule has 0 aliphatic heterocycles. The highest BCUT2D eigenvalue weighted by Gasteiger charge is 2.19. The van der Waals surface area contributed by atoms with Gasteiger partial charge in [0.15, 0.2) is 6.10 Å². The third-order valence-corrected chi connectivity index (χ3v) is 9.54. The predicted octanol–water partition coefficient (Wildman–Crippen LogP) is 15.6. The molecule has 0 heterocycles. The first-order chi connectivity index (χ1) is 29.5. The molecule has 6 nitrogen and oxygen atoms in total. The summed E-state index contributed by atoms with van der Waals surface area (Å²) in [6, 6.07) is 0. The van der Waals surface area contributed by atoms with Crippen LogP contribution in [0.3, 0.4) is 0 Å². The molecule has 0 N–H and O–H groups in total. The zero-order chi connectivity index (χ0) is 43.7. The van der Waals surface area contributed by atoms with Crippen molar-refractivity contribution in [3.05, 3.63) is 109 Å². The van der Waals surface area contributed by atoms with Gasteiger partial charge in [0.25, 0.3) is 0 Å². The second-order valence-corrected chi connectivity index (χ2v) is 15.3. The molecule has 60 heavy (non-hydrogen) atoms. The molecule has 0 aliphatic carbocycles. The van der Waals surface area contributed by atoms with Crippen molar-refractivity contribution >= 4 is 17.9 Å². The summed E-state index contributed by atoms with van der Waals surface area (Å²) >= 11 is 0. The average Bonchev–Trinajstić information content (AvgIpc) is 3.24. The van der Waals surface area contributed by atoms with Crippen molar-refractivity contribution in [3.8, 4) is 0 Å². The largest absolute Gasteiger partial charge is 0.462 e. The van der Waals surface area contributed by atoms with Gasteiger partial charge in [-0.3, -0.25) is 14.4 Å². The minimum absolute atomic E-state index is 0.118. The van der Waals surface area contributed by atoms with Gasteiger partial charge in [-0.25, -0.2) is 0 Å². The average molecular weight is 831 g/mol. The second-order valence-electron chi connectivity index (χ2n) is 15.3. The Morgan fingerprint density at radius 3 is 1.08 bits per heavy atom. The summed E-state index contributed by atoms with van der Waals surface area (Å²) in [4.78, 5) is 37.8. The Labute approximate surface area is 368 Å². The molecule has 0 spiro atoms. The van der Waals surface area contributed by atoms with Crippen molar-refractivity contribution < 1.29 is 28.6 Å². The third kappa shape index (κ3) is 45.2. The van der Waals surface area contributed by atoms with Gasteiger partial charge in [0.05, 0.1) is 0 Å². The normalized spacial score (nSPS) is 13.1. The number of rotatable bonds is 41. The van der Waals surface area contributed by atoms with Crippen LogP contribution in [0.15, 0.2) is 109 Å². The molecule has 0 saturated heterocycles. The molecule has 0 aromatic carbocycles. The lowest BCUT2D eigenvalue weighted by molar-refractivity contribution is -0.166. The van der Waals surface area contributed by atoms with Gasteiger partial charge < -0.3 is 14.2 Å². The zero-order valence-corrected chi connectivity index (χ0v) is 38.4. The number of hydrogen-bond acceptors (Lipinski definition) is 6. The summed E-state index contributed by atoms with van der Waals surface area (Å²) in [5, 5.41) is 0. The number of hydrogen-bond donors (Lipinski definition) is 0. The molecule has 338 valence electrons. The van der Waals surface area contributed by atoms with Crippen LogP contribution in [-0.2, 0) is 28.6 Å². The Morgan fingerprint density at radius 2 is 0.683 bits per heavy atom. The molecule has 0 bridgehead atoms. The third-order valence-electron chi connectivity index (χ3n) is 9.54. The molecule has 0 radical (unpaired) electrons. The van der Waals surface area contributed by atoms with Gasteiger partial charge in [-0.05, 0) is 89.9 Å². The molecule has 0 rings (SSSR count). The van der Waals surface area contributed by atoms with E-state index in [0.29, 0.717) is 19.3 Å². The van der Waals surface area contributed by atoms with Crippen molar-refractivity contribution in [3.63, 3.8) is 0 Å². The molecular formula is C54H86O6. The lowest BCUT2D eigenvalue weighted by Crippen LogP contribution is -2.30. The fourth-order valence-electron chi connectivity index (χ4n) is 6.01. The standard InChI is InChI=1S/C54H86O6/c1-4-7-10-13-16-19-22-24-25-26-27-28-29-31-32-35-38-41-44-47-53(56)59-50-51(49-58-52(55)46-43-40-37-34-21-18-15-12-9-6-3)60-54(57)48-45-42-39-36-33-30-23-20-17-14-11-8-5-2/h7-8,10-11,16-17,19-20,24-25,27-28,30-33,39,42,51H,4-6,9,12-15,18,21-23,26,29,34-38,40-41,43-50H2,1-3H3/b10-7-,11-8-,19-16-,20-17-,25-24-,28-27-,32-31-,33-30-,42-39-. The quantitative estimate of drug-likeness (QED) is 0.0264. The number of carbonyl (C=O) groups excluding carboxylic acids is 3. The highest BCUT2D eigenvalue weighted by molar-refractivity contribution is 5.71. The topological polar surface area (TPSA) is 78.9 Å². The van der Waals surface area contributed by atoms with E-state index < -0.39 is 12.1 Å². The predicted molar refractivity (Wildman–Crippen MR) is 256 cm³/mol. The molecule has 6 heteroatoms. The van der Waals surface area contributed by atoms with Crippen LogP contribution in [0.25, 0.3) is 0 Å². The summed E-state index contributed by atoms with van der Waals surface area (Å²) in [7, 11) is 0. The molecular weight excluding hydrogens is 745 g/mol. The van der Waals surface area contributed by atoms with E-state index in [4.69, 9.17) is 14.2 Å². The van der Waals surface area contributed by atoms with Crippen LogP contribution in [-0.4, -0.2) is 37.2 Å². The second kappa shape index (κ2) is 47.7. The maximum atomic E-state index is 12.7. The van der Waals surface area contributed by atoms with Crippen molar-refractivity contribution in [2.75, 3.05) is 13.2 Å². The highest BCUT2D eigenvalue weighted by Crippen LogP contribution is 2.12. The zero-order valence-electron chi connectivity index (χ0n) is 38.4. The van der Waals surface area contributed by atoms with E-state index >= 15 is 0 Å². The Balaban J connectivity index is 4.51. The molecule has 0 aromatic heterocycles. The molecule has 0 aromatic rings. The van der Waals surface area contributed by atoms with Crippen molar-refractivity contribution in [2.24, 2.45) is 0 Å². The number of esters is 3. The summed E-state index contributed by atoms with van der Waals surface area (Å²) < 4.78 is 16.6. The van der Waals surface area contributed by atoms with Crippen LogP contribution in [0.1, 0.15) is 194 Å². The minimum Gasteiger partial charge on any atom is -0.462 e. The smallest absolute Gasteiger partial charge is 0.306 e. The maximum absolute atomic E-state index is 12.7. The van der Waals surface area contributed by atoms with Gasteiger partial charge in [-0.1, -0.05) is 194 Å². The van der Waals surface area contributed by atoms with E-state index in [-0.39, 0.29) is 31.6 Å². The molecule has 0 amide bonds. The minimum atomic E-state index is -0.828. The Bertz CT molecular complexity index is 1280. The van der Waals surface area contributed by atoms with Gasteiger partial charge in [-0.15, -0.1) is 0 Å². The SMILES string of the molecule is CC/C=C\C/C=C\C/C=C\C/C=C\C/C=C\CCCCCC(=O)OCC(COC(=O)CCCCCCCCCCCC)OC(=O)CC/C=C\C/C=C\C/C=C\C/C=C\CC. The Hall–Kier alpha value is -3.93. The van der Waals surface area contributed by atoms with Crippen LogP contribution in [0.4, 0.5) is 0 Å². The van der Waals surface area contributed by atoms with Gasteiger partial charge in [0.2, 0.25) is 0 Å². The monoisotopic (exact) mass is 831 g/mol. The first-order valence-electron chi connectivity index (χ1n) is 23.9. The van der Waals surface area contributed by atoms with E-state index in [2.05, 4.69) is 118 Å². The van der Waals surface area contributed by atoms with E-state index in [0.717, 1.165) is 103 Å². The van der Waals surface area contributed by atoms with E-state index in [1.165, 1.54) is 44.9 Å². The summed E-state index contributed by atoms with van der Waals surface area (Å²) in [5.74, 6) is -1.05. The first kappa shape index (κ1) is 56.1. The summed E-state index contributed by atoms with van der Waals surface area (Å²) in [6.07, 6.45) is 63.7. The lowest BCUT2D eigenvalue weighted by Gasteiger charge is -2.18. The Kier molecular flexibility index (Phi) is 44.6. The van der Waals surface area contributed by atoms with Crippen LogP contribution in [0.5, 0.6) is 0 Å². The van der Waals surface area contributed by atoms with Gasteiger partial charge >= 0.3 is 17.9 Å². The van der Waals surface area contributed by atoms with Crippen molar-refractivity contribution in [2.45, 2.75) is 200 Å². The van der Waals surface area contributed by atoms with Crippen molar-refractivity contribution in [1.82, 2.24) is 0 Å². The molecule has 0 aliphatic rings. The van der Waals surface area contributed by atoms with Gasteiger partial charge in [-0.2, -0.15) is 0 Å². The van der Waals surface area contributed by atoms with Gasteiger partial charge in [0, 0.05) is 19.3 Å². The first-order valence-corrected chi connectivity index (χ1v) is 23.9. The van der Waals surface area contributed by atoms with Crippen molar-refractivity contribution in [1.29, 1.82) is 0 Å². The van der Waals surface area contributed by atoms with E-state index in [9.17, 15) is 14.4 Å². The van der Waals surface area contributed by atoms with Gasteiger partial charge in [0.1, 0.15) is 13.2 Å². The molecule has 1 unspecified atom stereocenters. The highest BCUT2D eigenvalue weighted by atomic mass is 16.6. The molecule has 1 atom stereocenters. The summed E-state index contributed by atoms with van der Waals surface area (Å²) in [5.41, 5.74) is 0. The maximum Gasteiger partial charge on any atom is 0.306 e. The number of carbonyl (C=O) groups is 3. The van der Waals surface area contributed by atoms with E-state index in [1.54, 1.807) is 0 Å². The number of allylic oxidation sites excluding steroid dienone is 18. The molecule has 0 saturated carbocycles. The van der Waals surface area contributed by atoms with Crippen LogP contribution >= 0.6 is 0 Å². The van der Waals surface area contributed by atoms with Crippen LogP contribution < -0.4 is 0 Å². The van der Waals surface area contributed by atoms with Crippen LogP contribution in [0.2, 0.25) is 0 Å².